The van der Waals surface area contributed by atoms with E-state index in [4.69, 9.17) is 9.52 Å². The van der Waals surface area contributed by atoms with Gasteiger partial charge in [0.05, 0.1) is 6.54 Å². The number of hydrogen-bond acceptors (Lipinski definition) is 2. The van der Waals surface area contributed by atoms with Gasteiger partial charge in [-0.05, 0) is 30.5 Å². The molecule has 3 rings (SSSR count). The standard InChI is InChI=1S/C15H13NO3/c1-10-13(15(17)18)8-12(19-10)9-16-7-6-11-4-2-3-5-14(11)16/h2-8H,9H2,1H3,(H,17,18). The number of aryl methyl sites for hydroxylation is 1. The average Bonchev–Trinajstić information content (AvgIpc) is 2.95. The van der Waals surface area contributed by atoms with Crippen molar-refractivity contribution in [1.82, 2.24) is 4.57 Å². The monoisotopic (exact) mass is 255 g/mol. The van der Waals surface area contributed by atoms with Crippen LogP contribution in [0, 0.1) is 6.92 Å². The Morgan fingerprint density at radius 2 is 2.11 bits per heavy atom. The third-order valence-electron chi connectivity index (χ3n) is 3.21. The summed E-state index contributed by atoms with van der Waals surface area (Å²) in [6.07, 6.45) is 1.98. The lowest BCUT2D eigenvalue weighted by Crippen LogP contribution is -1.97. The average molecular weight is 255 g/mol. The Hall–Kier alpha value is -2.49. The third kappa shape index (κ3) is 2.01. The molecule has 0 atom stereocenters. The number of para-hydroxylation sites is 1. The predicted molar refractivity (Wildman–Crippen MR) is 71.4 cm³/mol. The zero-order valence-corrected chi connectivity index (χ0v) is 10.5. The van der Waals surface area contributed by atoms with Gasteiger partial charge >= 0.3 is 5.97 Å². The fraction of sp³-hybridized carbons (Fsp3) is 0.133. The Balaban J connectivity index is 1.97. The Kier molecular flexibility index (Phi) is 2.63. The Morgan fingerprint density at radius 3 is 2.84 bits per heavy atom. The van der Waals surface area contributed by atoms with Crippen molar-refractivity contribution in [3.05, 3.63) is 59.7 Å². The van der Waals surface area contributed by atoms with Crippen LogP contribution in [0.4, 0.5) is 0 Å². The van der Waals surface area contributed by atoms with Gasteiger partial charge in [-0.3, -0.25) is 0 Å². The number of nitrogens with zero attached hydrogens (tertiary/aromatic N) is 1. The molecular formula is C15H13NO3. The van der Waals surface area contributed by atoms with Crippen LogP contribution in [-0.4, -0.2) is 15.6 Å². The first-order chi connectivity index (χ1) is 9.15. The molecule has 0 radical (unpaired) electrons. The maximum atomic E-state index is 11.0. The topological polar surface area (TPSA) is 55.4 Å². The number of furan rings is 1. The fourth-order valence-corrected chi connectivity index (χ4v) is 2.28. The minimum atomic E-state index is -0.954. The second kappa shape index (κ2) is 4.31. The number of carboxylic acid groups (broad SMARTS) is 1. The molecule has 96 valence electrons. The number of aromatic nitrogens is 1. The molecule has 0 unspecified atom stereocenters. The van der Waals surface area contributed by atoms with Crippen LogP contribution in [-0.2, 0) is 6.54 Å². The van der Waals surface area contributed by atoms with E-state index in [1.54, 1.807) is 13.0 Å². The van der Waals surface area contributed by atoms with Crippen LogP contribution in [0.25, 0.3) is 10.9 Å². The summed E-state index contributed by atoms with van der Waals surface area (Å²) in [7, 11) is 0. The Labute approximate surface area is 109 Å². The van der Waals surface area contributed by atoms with E-state index in [-0.39, 0.29) is 5.56 Å². The van der Waals surface area contributed by atoms with Gasteiger partial charge in [0.1, 0.15) is 17.1 Å². The largest absolute Gasteiger partial charge is 0.478 e. The molecule has 1 N–H and O–H groups in total. The summed E-state index contributed by atoms with van der Waals surface area (Å²) < 4.78 is 7.54. The quantitative estimate of drug-likeness (QED) is 0.781. The molecule has 0 bridgehead atoms. The molecule has 0 aliphatic heterocycles. The van der Waals surface area contributed by atoms with Crippen LogP contribution in [0.3, 0.4) is 0 Å². The SMILES string of the molecule is Cc1oc(Cn2ccc3ccccc32)cc1C(=O)O. The Bertz CT molecular complexity index is 752. The minimum Gasteiger partial charge on any atom is -0.478 e. The lowest BCUT2D eigenvalue weighted by atomic mass is 10.2. The number of aromatic carboxylic acids is 1. The summed E-state index contributed by atoms with van der Waals surface area (Å²) in [5, 5.41) is 10.2. The van der Waals surface area contributed by atoms with Crippen molar-refractivity contribution in [2.75, 3.05) is 0 Å². The van der Waals surface area contributed by atoms with Crippen molar-refractivity contribution in [2.24, 2.45) is 0 Å². The van der Waals surface area contributed by atoms with Crippen molar-refractivity contribution in [2.45, 2.75) is 13.5 Å². The molecule has 2 aromatic heterocycles. The van der Waals surface area contributed by atoms with Crippen LogP contribution in [0.1, 0.15) is 21.9 Å². The summed E-state index contributed by atoms with van der Waals surface area (Å²) in [5.41, 5.74) is 1.33. The van der Waals surface area contributed by atoms with Gasteiger partial charge in [-0.1, -0.05) is 18.2 Å². The molecule has 19 heavy (non-hydrogen) atoms. The maximum absolute atomic E-state index is 11.0. The number of carboxylic acids is 1. The number of benzene rings is 1. The summed E-state index contributed by atoms with van der Waals surface area (Å²) in [5.74, 6) is 0.139. The highest BCUT2D eigenvalue weighted by molar-refractivity contribution is 5.88. The highest BCUT2D eigenvalue weighted by Gasteiger charge is 2.14. The smallest absolute Gasteiger partial charge is 0.339 e. The first-order valence-electron chi connectivity index (χ1n) is 6.01. The van der Waals surface area contributed by atoms with Crippen molar-refractivity contribution in [3.63, 3.8) is 0 Å². The number of rotatable bonds is 3. The van der Waals surface area contributed by atoms with Crippen LogP contribution >= 0.6 is 0 Å². The van der Waals surface area contributed by atoms with Crippen molar-refractivity contribution in [1.29, 1.82) is 0 Å². The van der Waals surface area contributed by atoms with E-state index in [1.165, 1.54) is 0 Å². The molecule has 0 fully saturated rings. The van der Waals surface area contributed by atoms with E-state index in [0.29, 0.717) is 18.1 Å². The molecule has 2 heterocycles. The highest BCUT2D eigenvalue weighted by Crippen LogP contribution is 2.20. The van der Waals surface area contributed by atoms with Crippen LogP contribution in [0.5, 0.6) is 0 Å². The molecular weight excluding hydrogens is 242 g/mol. The predicted octanol–water partition coefficient (Wildman–Crippen LogP) is 3.29. The number of hydrogen-bond donors (Lipinski definition) is 1. The summed E-state index contributed by atoms with van der Waals surface area (Å²) in [6.45, 7) is 2.20. The number of fused-ring (bicyclic) bond motifs is 1. The fourth-order valence-electron chi connectivity index (χ4n) is 2.28. The molecule has 0 aliphatic carbocycles. The summed E-state index contributed by atoms with van der Waals surface area (Å²) in [6, 6.07) is 11.7. The second-order valence-electron chi connectivity index (χ2n) is 4.49. The van der Waals surface area contributed by atoms with E-state index in [2.05, 4.69) is 0 Å². The van der Waals surface area contributed by atoms with Crippen molar-refractivity contribution < 1.29 is 14.3 Å². The van der Waals surface area contributed by atoms with Gasteiger partial charge in [0.25, 0.3) is 0 Å². The lowest BCUT2D eigenvalue weighted by molar-refractivity contribution is 0.0695. The van der Waals surface area contributed by atoms with E-state index in [9.17, 15) is 4.79 Å². The number of carbonyl (C=O) groups is 1. The van der Waals surface area contributed by atoms with Gasteiger partial charge in [0, 0.05) is 11.7 Å². The molecule has 4 nitrogen and oxygen atoms in total. The molecule has 1 aromatic carbocycles. The van der Waals surface area contributed by atoms with Gasteiger partial charge in [-0.2, -0.15) is 0 Å². The molecule has 3 aromatic rings. The van der Waals surface area contributed by atoms with Gasteiger partial charge in [-0.15, -0.1) is 0 Å². The minimum absolute atomic E-state index is 0.228. The van der Waals surface area contributed by atoms with E-state index in [1.807, 2.05) is 41.1 Å². The molecule has 4 heteroatoms. The van der Waals surface area contributed by atoms with Crippen LogP contribution < -0.4 is 0 Å². The normalized spacial score (nSPS) is 11.0. The first-order valence-corrected chi connectivity index (χ1v) is 6.01. The maximum Gasteiger partial charge on any atom is 0.339 e. The van der Waals surface area contributed by atoms with Gasteiger partial charge in [0.15, 0.2) is 0 Å². The van der Waals surface area contributed by atoms with E-state index in [0.717, 1.165) is 10.9 Å². The van der Waals surface area contributed by atoms with Gasteiger partial charge in [0.2, 0.25) is 0 Å². The molecule has 0 amide bonds. The third-order valence-corrected chi connectivity index (χ3v) is 3.21. The second-order valence-corrected chi connectivity index (χ2v) is 4.49. The zero-order valence-electron chi connectivity index (χ0n) is 10.5. The lowest BCUT2D eigenvalue weighted by Gasteiger charge is -2.02. The van der Waals surface area contributed by atoms with Gasteiger partial charge < -0.3 is 14.1 Å². The molecule has 0 aliphatic rings. The summed E-state index contributed by atoms with van der Waals surface area (Å²) in [4.78, 5) is 11.0. The Morgan fingerprint density at radius 1 is 1.32 bits per heavy atom. The van der Waals surface area contributed by atoms with Crippen LogP contribution in [0.15, 0.2) is 47.0 Å². The van der Waals surface area contributed by atoms with E-state index >= 15 is 0 Å². The first kappa shape index (κ1) is 11.6. The summed E-state index contributed by atoms with van der Waals surface area (Å²) >= 11 is 0. The van der Waals surface area contributed by atoms with E-state index < -0.39 is 5.97 Å². The van der Waals surface area contributed by atoms with Gasteiger partial charge in [-0.25, -0.2) is 4.79 Å². The zero-order chi connectivity index (χ0) is 13.4. The molecule has 0 saturated heterocycles. The van der Waals surface area contributed by atoms with Crippen molar-refractivity contribution in [3.8, 4) is 0 Å². The van der Waals surface area contributed by atoms with Crippen LogP contribution in [0.2, 0.25) is 0 Å². The highest BCUT2D eigenvalue weighted by atomic mass is 16.4. The van der Waals surface area contributed by atoms with Crippen molar-refractivity contribution >= 4 is 16.9 Å². The molecule has 0 spiro atoms. The molecule has 0 saturated carbocycles.